The van der Waals surface area contributed by atoms with Crippen LogP contribution in [-0.2, 0) is 28.6 Å². The molecule has 0 aliphatic rings. The summed E-state index contributed by atoms with van der Waals surface area (Å²) in [5, 5.41) is 0. The molecule has 0 fully saturated rings. The first-order chi connectivity index (χ1) is 3.56. The minimum atomic E-state index is -4.68. The standard InChI is InChI=1S/C3H9O4P.Zn/c1-2-3-7-8(4,5)6;/h2-3H2,1H3,(H2,4,5,6);/q;+2/p-2. The monoisotopic (exact) mass is 202 g/mol. The fourth-order valence-electron chi connectivity index (χ4n) is 0.203. The first-order valence-electron chi connectivity index (χ1n) is 2.23. The van der Waals surface area contributed by atoms with Crippen molar-refractivity contribution >= 4 is 7.82 Å². The molecule has 0 aromatic heterocycles. The van der Waals surface area contributed by atoms with Gasteiger partial charge in [0.25, 0.3) is 0 Å². The SMILES string of the molecule is CCCOP(=O)([O-])[O-].[Zn+2]. The van der Waals surface area contributed by atoms with E-state index in [1.165, 1.54) is 0 Å². The quantitative estimate of drug-likeness (QED) is 0.446. The van der Waals surface area contributed by atoms with Crippen molar-refractivity contribution in [2.75, 3.05) is 6.61 Å². The third kappa shape index (κ3) is 12.0. The summed E-state index contributed by atoms with van der Waals surface area (Å²) in [6.07, 6.45) is 0.536. The van der Waals surface area contributed by atoms with Crippen molar-refractivity contribution < 1.29 is 38.4 Å². The van der Waals surface area contributed by atoms with Gasteiger partial charge in [0.05, 0.1) is 14.4 Å². The van der Waals surface area contributed by atoms with Crippen LogP contribution in [0.5, 0.6) is 0 Å². The maximum atomic E-state index is 9.64. The van der Waals surface area contributed by atoms with Crippen molar-refractivity contribution in [2.24, 2.45) is 0 Å². The Morgan fingerprint density at radius 1 is 1.56 bits per heavy atom. The Morgan fingerprint density at radius 2 is 2.00 bits per heavy atom. The molecule has 0 spiro atoms. The van der Waals surface area contributed by atoms with Gasteiger partial charge < -0.3 is 18.9 Å². The molecule has 0 atom stereocenters. The molecule has 0 radical (unpaired) electrons. The van der Waals surface area contributed by atoms with Crippen molar-refractivity contribution in [3.8, 4) is 0 Å². The van der Waals surface area contributed by atoms with Crippen LogP contribution in [0, 0.1) is 0 Å². The summed E-state index contributed by atoms with van der Waals surface area (Å²) < 4.78 is 13.5. The van der Waals surface area contributed by atoms with E-state index < -0.39 is 7.82 Å². The first-order valence-corrected chi connectivity index (χ1v) is 3.69. The molecule has 0 aliphatic carbocycles. The summed E-state index contributed by atoms with van der Waals surface area (Å²) in [6, 6.07) is 0. The first kappa shape index (κ1) is 12.4. The van der Waals surface area contributed by atoms with E-state index in [9.17, 15) is 14.4 Å². The molecule has 0 bridgehead atoms. The third-order valence-corrected chi connectivity index (χ3v) is 0.952. The maximum Gasteiger partial charge on any atom is 2.00 e. The van der Waals surface area contributed by atoms with E-state index in [0.29, 0.717) is 6.42 Å². The van der Waals surface area contributed by atoms with Crippen LogP contribution in [0.2, 0.25) is 0 Å². The predicted octanol–water partition coefficient (Wildman–Crippen LogP) is -0.761. The number of hydrogen-bond acceptors (Lipinski definition) is 4. The van der Waals surface area contributed by atoms with Crippen molar-refractivity contribution in [2.45, 2.75) is 13.3 Å². The minimum absolute atomic E-state index is 0. The van der Waals surface area contributed by atoms with Crippen molar-refractivity contribution in [1.29, 1.82) is 0 Å². The van der Waals surface area contributed by atoms with Gasteiger partial charge in [0.15, 0.2) is 0 Å². The molecular formula is C3H7O4PZn. The van der Waals surface area contributed by atoms with Crippen LogP contribution in [-0.4, -0.2) is 6.61 Å². The molecule has 6 heteroatoms. The molecule has 0 aromatic rings. The molecule has 0 N–H and O–H groups in total. The van der Waals surface area contributed by atoms with Crippen LogP contribution in [0.1, 0.15) is 13.3 Å². The second kappa shape index (κ2) is 5.51. The Morgan fingerprint density at radius 3 is 2.11 bits per heavy atom. The van der Waals surface area contributed by atoms with Crippen LogP contribution in [0.15, 0.2) is 0 Å². The van der Waals surface area contributed by atoms with Gasteiger partial charge in [0.2, 0.25) is 0 Å². The molecule has 4 nitrogen and oxygen atoms in total. The zero-order valence-electron chi connectivity index (χ0n) is 5.20. The Hall–Kier alpha value is 0.733. The molecule has 0 saturated carbocycles. The van der Waals surface area contributed by atoms with E-state index in [0.717, 1.165) is 0 Å². The van der Waals surface area contributed by atoms with E-state index >= 15 is 0 Å². The van der Waals surface area contributed by atoms with Gasteiger partial charge in [0.1, 0.15) is 0 Å². The van der Waals surface area contributed by atoms with Crippen LogP contribution >= 0.6 is 7.82 Å². The van der Waals surface area contributed by atoms with E-state index in [4.69, 9.17) is 0 Å². The summed E-state index contributed by atoms with van der Waals surface area (Å²) in [5.74, 6) is 0. The predicted molar refractivity (Wildman–Crippen MR) is 23.8 cm³/mol. The molecule has 9 heavy (non-hydrogen) atoms. The normalized spacial score (nSPS) is 10.6. The summed E-state index contributed by atoms with van der Waals surface area (Å²) >= 11 is 0. The summed E-state index contributed by atoms with van der Waals surface area (Å²) in [6.45, 7) is 1.71. The summed E-state index contributed by atoms with van der Waals surface area (Å²) in [4.78, 5) is 19.3. The van der Waals surface area contributed by atoms with Crippen LogP contribution in [0.3, 0.4) is 0 Å². The third-order valence-electron chi connectivity index (χ3n) is 0.454. The van der Waals surface area contributed by atoms with Gasteiger partial charge in [0, 0.05) is 0 Å². The fourth-order valence-corrected chi connectivity index (χ4v) is 0.609. The molecule has 0 aliphatic heterocycles. The molecular weight excluding hydrogens is 196 g/mol. The molecule has 50 valence electrons. The minimum Gasteiger partial charge on any atom is -0.790 e. The molecule has 0 rings (SSSR count). The van der Waals surface area contributed by atoms with Gasteiger partial charge in [-0.2, -0.15) is 0 Å². The largest absolute Gasteiger partial charge is 2.00 e. The Balaban J connectivity index is 0. The molecule has 0 amide bonds. The van der Waals surface area contributed by atoms with Gasteiger partial charge >= 0.3 is 19.5 Å². The van der Waals surface area contributed by atoms with E-state index in [-0.39, 0.29) is 26.1 Å². The van der Waals surface area contributed by atoms with Crippen LogP contribution < -0.4 is 9.79 Å². The molecule has 0 saturated heterocycles. The topological polar surface area (TPSA) is 72.4 Å². The van der Waals surface area contributed by atoms with Gasteiger partial charge in [-0.25, -0.2) is 0 Å². The number of hydrogen-bond donors (Lipinski definition) is 0. The zero-order chi connectivity index (χ0) is 6.62. The van der Waals surface area contributed by atoms with Crippen LogP contribution in [0.4, 0.5) is 0 Å². The average molecular weight is 203 g/mol. The zero-order valence-corrected chi connectivity index (χ0v) is 9.06. The molecule has 0 aromatic carbocycles. The fraction of sp³-hybridized carbons (Fsp3) is 1.00. The summed E-state index contributed by atoms with van der Waals surface area (Å²) in [5.41, 5.74) is 0. The number of phosphoric ester groups is 1. The Bertz CT molecular complexity index is 100.0. The number of rotatable bonds is 3. The van der Waals surface area contributed by atoms with Crippen molar-refractivity contribution in [3.63, 3.8) is 0 Å². The smallest absolute Gasteiger partial charge is 0.790 e. The van der Waals surface area contributed by atoms with Gasteiger partial charge in [-0.15, -0.1) is 0 Å². The van der Waals surface area contributed by atoms with E-state index in [1.807, 2.05) is 0 Å². The molecule has 0 heterocycles. The van der Waals surface area contributed by atoms with E-state index in [2.05, 4.69) is 4.52 Å². The number of phosphoric acid groups is 1. The van der Waals surface area contributed by atoms with Crippen molar-refractivity contribution in [1.82, 2.24) is 0 Å². The van der Waals surface area contributed by atoms with Crippen LogP contribution in [0.25, 0.3) is 0 Å². The van der Waals surface area contributed by atoms with Crippen molar-refractivity contribution in [3.05, 3.63) is 0 Å². The maximum absolute atomic E-state index is 9.64. The Labute approximate surface area is 66.6 Å². The van der Waals surface area contributed by atoms with Gasteiger partial charge in [-0.1, -0.05) is 6.92 Å². The van der Waals surface area contributed by atoms with Gasteiger partial charge in [-0.3, -0.25) is 0 Å². The van der Waals surface area contributed by atoms with Gasteiger partial charge in [-0.05, 0) is 6.42 Å². The second-order valence-corrected chi connectivity index (χ2v) is 2.43. The summed E-state index contributed by atoms with van der Waals surface area (Å²) in [7, 11) is -4.68. The molecule has 0 unspecified atom stereocenters. The van der Waals surface area contributed by atoms with E-state index in [1.54, 1.807) is 6.92 Å². The average Bonchev–Trinajstić information content (AvgIpc) is 1.59. The Kier molecular flexibility index (Phi) is 7.60. The second-order valence-electron chi connectivity index (χ2n) is 1.28.